The molecule has 1 N–H and O–H groups in total. The monoisotopic (exact) mass is 375 g/mol. The lowest BCUT2D eigenvalue weighted by atomic mass is 9.91. The highest BCUT2D eigenvalue weighted by molar-refractivity contribution is 7.09. The van der Waals surface area contributed by atoms with Crippen LogP contribution in [0.3, 0.4) is 0 Å². The largest absolute Gasteiger partial charge is 0.503 e. The number of rotatable bonds is 5. The van der Waals surface area contributed by atoms with Gasteiger partial charge in [-0.15, -0.1) is 11.3 Å². The van der Waals surface area contributed by atoms with E-state index in [2.05, 4.69) is 0 Å². The summed E-state index contributed by atoms with van der Waals surface area (Å²) in [5, 5.41) is 12.9. The van der Waals surface area contributed by atoms with Crippen molar-refractivity contribution in [3.05, 3.63) is 68.6 Å². The third kappa shape index (κ3) is 3.34. The van der Waals surface area contributed by atoms with Gasteiger partial charge in [0.15, 0.2) is 11.5 Å². The Balaban J connectivity index is 2.07. The van der Waals surface area contributed by atoms with Crippen LogP contribution in [-0.4, -0.2) is 21.7 Å². The zero-order valence-corrected chi connectivity index (χ0v) is 15.5. The van der Waals surface area contributed by atoms with Gasteiger partial charge >= 0.3 is 0 Å². The van der Waals surface area contributed by atoms with Gasteiger partial charge in [-0.25, -0.2) is 0 Å². The van der Waals surface area contributed by atoms with Crippen molar-refractivity contribution in [1.82, 2.24) is 4.90 Å². The minimum Gasteiger partial charge on any atom is -0.503 e. The number of carbonyl (C=O) groups excluding carboxylic acids is 2. The van der Waals surface area contributed by atoms with Crippen molar-refractivity contribution < 1.29 is 14.7 Å². The Hall–Kier alpha value is -2.11. The quantitative estimate of drug-likeness (QED) is 0.835. The summed E-state index contributed by atoms with van der Waals surface area (Å²) in [4.78, 5) is 27.9. The van der Waals surface area contributed by atoms with E-state index in [1.807, 2.05) is 17.5 Å². The molecule has 130 valence electrons. The Bertz CT molecular complexity index is 825. The second-order valence-corrected chi connectivity index (χ2v) is 7.72. The van der Waals surface area contributed by atoms with Gasteiger partial charge in [-0.05, 0) is 29.1 Å². The van der Waals surface area contributed by atoms with E-state index in [1.54, 1.807) is 43.0 Å². The van der Waals surface area contributed by atoms with Crippen LogP contribution < -0.4 is 0 Å². The van der Waals surface area contributed by atoms with Gasteiger partial charge in [-0.2, -0.15) is 0 Å². The average Bonchev–Trinajstić information content (AvgIpc) is 3.17. The number of carbonyl (C=O) groups is 2. The molecule has 3 rings (SSSR count). The second kappa shape index (κ2) is 7.02. The predicted octanol–water partition coefficient (Wildman–Crippen LogP) is 4.52. The van der Waals surface area contributed by atoms with Gasteiger partial charge < -0.3 is 10.0 Å². The highest BCUT2D eigenvalue weighted by Crippen LogP contribution is 2.40. The van der Waals surface area contributed by atoms with Crippen molar-refractivity contribution in [2.45, 2.75) is 26.4 Å². The van der Waals surface area contributed by atoms with Crippen LogP contribution in [0.2, 0.25) is 5.02 Å². The topological polar surface area (TPSA) is 57.6 Å². The Labute approximate surface area is 155 Å². The number of hydrogen-bond donors (Lipinski definition) is 1. The molecule has 0 aliphatic carbocycles. The van der Waals surface area contributed by atoms with Gasteiger partial charge in [0.2, 0.25) is 0 Å². The zero-order chi connectivity index (χ0) is 18.1. The molecule has 25 heavy (non-hydrogen) atoms. The van der Waals surface area contributed by atoms with E-state index in [4.69, 9.17) is 11.6 Å². The third-order valence-electron chi connectivity index (χ3n) is 4.19. The Morgan fingerprint density at radius 3 is 2.52 bits per heavy atom. The molecule has 0 saturated carbocycles. The van der Waals surface area contributed by atoms with Crippen molar-refractivity contribution in [2.24, 2.45) is 5.92 Å². The van der Waals surface area contributed by atoms with Gasteiger partial charge in [-0.1, -0.05) is 43.6 Å². The van der Waals surface area contributed by atoms with E-state index in [9.17, 15) is 14.7 Å². The maximum absolute atomic E-state index is 12.7. The molecular formula is C19H18ClNO3S. The fourth-order valence-electron chi connectivity index (χ4n) is 2.94. The molecule has 1 aliphatic rings. The zero-order valence-electron chi connectivity index (χ0n) is 13.9. The standard InChI is InChI=1S/C19H18ClNO3S/c1-11(2)17(22)15-16(12-5-7-13(20)8-6-12)21(19(24)18(15)23)10-14-4-3-9-25-14/h3-9,11,16,23H,10H2,1-2H3. The maximum Gasteiger partial charge on any atom is 0.290 e. The molecule has 1 amide bonds. The molecule has 0 saturated heterocycles. The highest BCUT2D eigenvalue weighted by atomic mass is 35.5. The highest BCUT2D eigenvalue weighted by Gasteiger charge is 2.43. The van der Waals surface area contributed by atoms with Crippen LogP contribution in [-0.2, 0) is 16.1 Å². The van der Waals surface area contributed by atoms with E-state index >= 15 is 0 Å². The van der Waals surface area contributed by atoms with Gasteiger partial charge in [0.05, 0.1) is 18.2 Å². The minimum atomic E-state index is -0.609. The van der Waals surface area contributed by atoms with E-state index in [0.29, 0.717) is 11.6 Å². The number of Topliss-reactive ketones (excluding diaryl/α,β-unsaturated/α-hetero) is 1. The molecule has 1 unspecified atom stereocenters. The summed E-state index contributed by atoms with van der Waals surface area (Å²) in [5.74, 6) is -1.51. The number of aliphatic hydroxyl groups excluding tert-OH is 1. The van der Waals surface area contributed by atoms with Gasteiger partial charge in [-0.3, -0.25) is 9.59 Å². The summed E-state index contributed by atoms with van der Waals surface area (Å²) < 4.78 is 0. The third-order valence-corrected chi connectivity index (χ3v) is 5.30. The molecule has 1 aliphatic heterocycles. The number of aliphatic hydroxyl groups is 1. The lowest BCUT2D eigenvalue weighted by molar-refractivity contribution is -0.130. The van der Waals surface area contributed by atoms with Crippen LogP contribution in [0.15, 0.2) is 53.1 Å². The molecule has 2 aromatic rings. The molecule has 2 heterocycles. The predicted molar refractivity (Wildman–Crippen MR) is 98.6 cm³/mol. The van der Waals surface area contributed by atoms with E-state index in [0.717, 1.165) is 10.4 Å². The Morgan fingerprint density at radius 1 is 1.28 bits per heavy atom. The van der Waals surface area contributed by atoms with E-state index in [1.165, 1.54) is 11.3 Å². The number of nitrogens with zero attached hydrogens (tertiary/aromatic N) is 1. The summed E-state index contributed by atoms with van der Waals surface area (Å²) in [6.07, 6.45) is 0. The Kier molecular flexibility index (Phi) is 4.97. The lowest BCUT2D eigenvalue weighted by Gasteiger charge is -2.27. The number of thiophene rings is 1. The first-order valence-corrected chi connectivity index (χ1v) is 9.22. The van der Waals surface area contributed by atoms with Crippen LogP contribution in [0, 0.1) is 5.92 Å². The number of hydrogen-bond acceptors (Lipinski definition) is 4. The SMILES string of the molecule is CC(C)C(=O)C1=C(O)C(=O)N(Cc2cccs2)C1c1ccc(Cl)cc1. The molecule has 1 aromatic carbocycles. The molecule has 0 bridgehead atoms. The van der Waals surface area contributed by atoms with Crippen LogP contribution in [0.1, 0.15) is 30.3 Å². The van der Waals surface area contributed by atoms with Crippen LogP contribution in [0.4, 0.5) is 0 Å². The molecule has 4 nitrogen and oxygen atoms in total. The lowest BCUT2D eigenvalue weighted by Crippen LogP contribution is -2.30. The number of ketones is 1. The molecular weight excluding hydrogens is 358 g/mol. The van der Waals surface area contributed by atoms with Crippen molar-refractivity contribution in [3.63, 3.8) is 0 Å². The fraction of sp³-hybridized carbons (Fsp3) is 0.263. The number of benzene rings is 1. The number of halogens is 1. The normalized spacial score (nSPS) is 17.7. The smallest absolute Gasteiger partial charge is 0.290 e. The van der Waals surface area contributed by atoms with Gasteiger partial charge in [0, 0.05) is 15.8 Å². The summed E-state index contributed by atoms with van der Waals surface area (Å²) in [6.45, 7) is 3.85. The Morgan fingerprint density at radius 2 is 1.96 bits per heavy atom. The van der Waals surface area contributed by atoms with E-state index < -0.39 is 17.7 Å². The molecule has 0 spiro atoms. The van der Waals surface area contributed by atoms with E-state index in [-0.39, 0.29) is 17.3 Å². The van der Waals surface area contributed by atoms with Crippen LogP contribution >= 0.6 is 22.9 Å². The average molecular weight is 376 g/mol. The summed E-state index contributed by atoms with van der Waals surface area (Å²) in [7, 11) is 0. The van der Waals surface area contributed by atoms with Crippen molar-refractivity contribution >= 4 is 34.6 Å². The first-order chi connectivity index (χ1) is 11.9. The van der Waals surface area contributed by atoms with Gasteiger partial charge in [0.1, 0.15) is 0 Å². The summed E-state index contributed by atoms with van der Waals surface area (Å²) in [5.41, 5.74) is 0.918. The van der Waals surface area contributed by atoms with Crippen molar-refractivity contribution in [3.8, 4) is 0 Å². The maximum atomic E-state index is 12.7. The summed E-state index contributed by atoms with van der Waals surface area (Å²) in [6, 6.07) is 10.2. The van der Waals surface area contributed by atoms with Crippen LogP contribution in [0.5, 0.6) is 0 Å². The minimum absolute atomic E-state index is 0.166. The summed E-state index contributed by atoms with van der Waals surface area (Å²) >= 11 is 7.50. The molecule has 6 heteroatoms. The van der Waals surface area contributed by atoms with Crippen LogP contribution in [0.25, 0.3) is 0 Å². The molecule has 1 aromatic heterocycles. The van der Waals surface area contributed by atoms with Gasteiger partial charge in [0.25, 0.3) is 5.91 Å². The second-order valence-electron chi connectivity index (χ2n) is 6.25. The molecule has 0 fully saturated rings. The van der Waals surface area contributed by atoms with Crippen molar-refractivity contribution in [1.29, 1.82) is 0 Å². The number of amides is 1. The molecule has 0 radical (unpaired) electrons. The first-order valence-electron chi connectivity index (χ1n) is 7.96. The molecule has 1 atom stereocenters. The first kappa shape index (κ1) is 17.7. The fourth-order valence-corrected chi connectivity index (χ4v) is 3.77. The van der Waals surface area contributed by atoms with Crippen molar-refractivity contribution in [2.75, 3.05) is 0 Å².